The molecule has 0 aromatic carbocycles. The molecule has 154 valence electrons. The third-order valence-corrected chi connectivity index (χ3v) is 4.82. The maximum absolute atomic E-state index is 11.1. The first-order valence-corrected chi connectivity index (χ1v) is 10.8. The Kier molecular flexibility index (Phi) is 19.4. The zero-order valence-corrected chi connectivity index (χ0v) is 16.6. The van der Waals surface area contributed by atoms with Crippen molar-refractivity contribution in [2.75, 3.05) is 6.73 Å². The Morgan fingerprint density at radius 2 is 0.846 bits per heavy atom. The molecule has 0 saturated carbocycles. The molecule has 0 unspecified atom stereocenters. The lowest BCUT2D eigenvalue weighted by Gasteiger charge is -2.04. The summed E-state index contributed by atoms with van der Waals surface area (Å²) in [6.45, 7) is -0.257. The molecule has 0 aliphatic heterocycles. The molecule has 0 aromatic heterocycles. The number of hydrogen-bond acceptors (Lipinski definition) is 3. The van der Waals surface area contributed by atoms with E-state index in [0.717, 1.165) is 25.7 Å². The molecular weight excluding hydrogens is 330 g/mol. The predicted molar refractivity (Wildman–Crippen MR) is 106 cm³/mol. The Hall–Kier alpha value is -1.10. The molecule has 26 heavy (non-hydrogen) atoms. The van der Waals surface area contributed by atoms with Crippen LogP contribution in [0.25, 0.3) is 0 Å². The van der Waals surface area contributed by atoms with E-state index in [1.54, 1.807) is 0 Å². The highest BCUT2D eigenvalue weighted by molar-refractivity contribution is 5.75. The monoisotopic (exact) mass is 371 g/mol. The number of nitrogens with one attached hydrogen (secondary N) is 1. The fourth-order valence-electron chi connectivity index (χ4n) is 3.21. The molecule has 5 heteroatoms. The topological polar surface area (TPSA) is 86.6 Å². The number of amides is 1. The van der Waals surface area contributed by atoms with Crippen molar-refractivity contribution in [2.45, 2.75) is 116 Å². The number of carbonyl (C=O) groups excluding carboxylic acids is 1. The largest absolute Gasteiger partial charge is 0.481 e. The van der Waals surface area contributed by atoms with Crippen LogP contribution in [0.2, 0.25) is 0 Å². The molecule has 0 rings (SSSR count). The molecule has 0 aliphatic carbocycles. The van der Waals surface area contributed by atoms with Crippen LogP contribution in [0.1, 0.15) is 116 Å². The molecule has 0 bridgehead atoms. The normalized spacial score (nSPS) is 10.8. The van der Waals surface area contributed by atoms with Crippen LogP contribution in [0, 0.1) is 0 Å². The highest BCUT2D eigenvalue weighted by Crippen LogP contribution is 2.14. The average molecular weight is 372 g/mol. The number of rotatable bonds is 20. The van der Waals surface area contributed by atoms with Gasteiger partial charge in [-0.1, -0.05) is 89.9 Å². The predicted octanol–water partition coefficient (Wildman–Crippen LogP) is 5.16. The van der Waals surface area contributed by atoms with Crippen molar-refractivity contribution in [1.29, 1.82) is 0 Å². The van der Waals surface area contributed by atoms with E-state index in [0.29, 0.717) is 12.8 Å². The molecule has 0 spiro atoms. The third kappa shape index (κ3) is 20.9. The molecule has 1 amide bonds. The summed E-state index contributed by atoms with van der Waals surface area (Å²) < 4.78 is 0. The molecule has 5 nitrogen and oxygen atoms in total. The quantitative estimate of drug-likeness (QED) is 0.204. The molecule has 0 atom stereocenters. The van der Waals surface area contributed by atoms with Gasteiger partial charge in [-0.3, -0.25) is 9.59 Å². The number of aliphatic carboxylic acids is 1. The van der Waals surface area contributed by atoms with Gasteiger partial charge in [0.25, 0.3) is 0 Å². The van der Waals surface area contributed by atoms with Gasteiger partial charge in [0.2, 0.25) is 5.91 Å². The maximum atomic E-state index is 11.1. The van der Waals surface area contributed by atoms with Crippen LogP contribution in [0.4, 0.5) is 0 Å². The molecule has 0 aromatic rings. The third-order valence-electron chi connectivity index (χ3n) is 4.82. The van der Waals surface area contributed by atoms with E-state index in [4.69, 9.17) is 10.2 Å². The second kappa shape index (κ2) is 20.2. The van der Waals surface area contributed by atoms with Gasteiger partial charge in [0.05, 0.1) is 0 Å². The number of aliphatic hydroxyl groups excluding tert-OH is 1. The van der Waals surface area contributed by atoms with Crippen molar-refractivity contribution in [3.8, 4) is 0 Å². The minimum Gasteiger partial charge on any atom is -0.481 e. The molecule has 0 fully saturated rings. The van der Waals surface area contributed by atoms with Crippen LogP contribution in [0.3, 0.4) is 0 Å². The minimum atomic E-state index is -0.673. The van der Waals surface area contributed by atoms with Crippen molar-refractivity contribution >= 4 is 11.9 Å². The van der Waals surface area contributed by atoms with Gasteiger partial charge < -0.3 is 15.5 Å². The van der Waals surface area contributed by atoms with Gasteiger partial charge in [0.15, 0.2) is 0 Å². The zero-order valence-electron chi connectivity index (χ0n) is 16.6. The van der Waals surface area contributed by atoms with E-state index in [1.807, 2.05) is 0 Å². The van der Waals surface area contributed by atoms with Crippen LogP contribution in [-0.4, -0.2) is 28.8 Å². The SMILES string of the molecule is O=C(O)CCCCCCCCCCCCCCCCCCC(=O)NCO. The standard InChI is InChI=1S/C21H41NO4/c23-19-22-20(24)17-15-13-11-9-7-5-3-1-2-4-6-8-10-12-14-16-18-21(25)26/h23H,1-19H2,(H,22,24)(H,25,26). The zero-order chi connectivity index (χ0) is 19.3. The van der Waals surface area contributed by atoms with Crippen LogP contribution in [-0.2, 0) is 9.59 Å². The lowest BCUT2D eigenvalue weighted by atomic mass is 10.0. The van der Waals surface area contributed by atoms with E-state index in [2.05, 4.69) is 5.32 Å². The maximum Gasteiger partial charge on any atom is 0.303 e. The average Bonchev–Trinajstić information content (AvgIpc) is 2.60. The minimum absolute atomic E-state index is 0.0503. The van der Waals surface area contributed by atoms with Crippen molar-refractivity contribution in [3.63, 3.8) is 0 Å². The lowest BCUT2D eigenvalue weighted by Crippen LogP contribution is -2.23. The summed E-state index contributed by atoms with van der Waals surface area (Å²) in [5.41, 5.74) is 0. The Bertz CT molecular complexity index is 334. The van der Waals surface area contributed by atoms with Gasteiger partial charge in [-0.25, -0.2) is 0 Å². The van der Waals surface area contributed by atoms with Crippen molar-refractivity contribution in [2.24, 2.45) is 0 Å². The van der Waals surface area contributed by atoms with Gasteiger partial charge in [-0.2, -0.15) is 0 Å². The molecule has 0 saturated heterocycles. The van der Waals surface area contributed by atoms with E-state index in [9.17, 15) is 9.59 Å². The van der Waals surface area contributed by atoms with Crippen LogP contribution in [0.15, 0.2) is 0 Å². The molecule has 0 heterocycles. The summed E-state index contributed by atoms with van der Waals surface area (Å²) in [4.78, 5) is 21.5. The smallest absolute Gasteiger partial charge is 0.303 e. The Labute approximate surface area is 159 Å². The van der Waals surface area contributed by atoms with Crippen LogP contribution in [0.5, 0.6) is 0 Å². The van der Waals surface area contributed by atoms with E-state index in [-0.39, 0.29) is 12.6 Å². The first-order valence-electron chi connectivity index (χ1n) is 10.8. The number of unbranched alkanes of at least 4 members (excludes halogenated alkanes) is 15. The second-order valence-corrected chi connectivity index (χ2v) is 7.31. The van der Waals surface area contributed by atoms with Gasteiger partial charge in [-0.15, -0.1) is 0 Å². The van der Waals surface area contributed by atoms with Gasteiger partial charge >= 0.3 is 5.97 Å². The van der Waals surface area contributed by atoms with Gasteiger partial charge in [0.1, 0.15) is 6.73 Å². The fourth-order valence-corrected chi connectivity index (χ4v) is 3.21. The first kappa shape index (κ1) is 24.9. The van der Waals surface area contributed by atoms with Crippen molar-refractivity contribution in [1.82, 2.24) is 5.32 Å². The van der Waals surface area contributed by atoms with Gasteiger partial charge in [0, 0.05) is 12.8 Å². The molecule has 3 N–H and O–H groups in total. The van der Waals surface area contributed by atoms with E-state index < -0.39 is 5.97 Å². The molecule has 0 radical (unpaired) electrons. The highest BCUT2D eigenvalue weighted by atomic mass is 16.4. The summed E-state index contributed by atoms with van der Waals surface area (Å²) in [6, 6.07) is 0. The highest BCUT2D eigenvalue weighted by Gasteiger charge is 1.99. The second-order valence-electron chi connectivity index (χ2n) is 7.31. The van der Waals surface area contributed by atoms with Crippen LogP contribution >= 0.6 is 0 Å². The summed E-state index contributed by atoms with van der Waals surface area (Å²) >= 11 is 0. The summed E-state index contributed by atoms with van der Waals surface area (Å²) in [5.74, 6) is -0.723. The van der Waals surface area contributed by atoms with E-state index >= 15 is 0 Å². The Morgan fingerprint density at radius 3 is 1.15 bits per heavy atom. The molecule has 0 aliphatic rings. The first-order chi connectivity index (χ1) is 12.7. The Morgan fingerprint density at radius 1 is 0.538 bits per heavy atom. The fraction of sp³-hybridized carbons (Fsp3) is 0.905. The molecular formula is C21H41NO4. The number of hydrogen-bond donors (Lipinski definition) is 3. The summed E-state index contributed by atoms with van der Waals surface area (Å²) in [6.07, 6.45) is 20.3. The van der Waals surface area contributed by atoms with Crippen LogP contribution < -0.4 is 5.32 Å². The number of carboxylic acid groups (broad SMARTS) is 1. The van der Waals surface area contributed by atoms with Crippen molar-refractivity contribution in [3.05, 3.63) is 0 Å². The summed E-state index contributed by atoms with van der Waals surface area (Å²) in [5, 5.41) is 19.5. The Balaban J connectivity index is 3.05. The lowest BCUT2D eigenvalue weighted by molar-refractivity contribution is -0.137. The van der Waals surface area contributed by atoms with E-state index in [1.165, 1.54) is 77.0 Å². The van der Waals surface area contributed by atoms with Gasteiger partial charge in [-0.05, 0) is 12.8 Å². The number of carboxylic acids is 1. The van der Waals surface area contributed by atoms with Crippen molar-refractivity contribution < 1.29 is 19.8 Å². The number of aliphatic hydroxyl groups is 1. The summed E-state index contributed by atoms with van der Waals surface area (Å²) in [7, 11) is 0. The number of carbonyl (C=O) groups is 2.